The maximum atomic E-state index is 5.24. The maximum absolute atomic E-state index is 5.24. The molecule has 1 aromatic carbocycles. The highest BCUT2D eigenvalue weighted by Crippen LogP contribution is 2.18. The van der Waals surface area contributed by atoms with E-state index in [1.807, 2.05) is 5.06 Å². The second kappa shape index (κ2) is 3.62. The number of hydrogen-bond donors (Lipinski definition) is 0. The molecule has 0 aromatic heterocycles. The van der Waals surface area contributed by atoms with Crippen LogP contribution in [-0.4, -0.2) is 11.6 Å². The Bertz CT molecular complexity index is 309. The van der Waals surface area contributed by atoms with Crippen LogP contribution in [0.3, 0.4) is 0 Å². The Balaban J connectivity index is 2.15. The van der Waals surface area contributed by atoms with Gasteiger partial charge in [-0.15, -0.1) is 5.06 Å². The molecule has 68 valence electrons. The number of hydrogen-bond acceptors (Lipinski definition) is 2. The first-order chi connectivity index (χ1) is 6.40. The van der Waals surface area contributed by atoms with Crippen LogP contribution in [0.2, 0.25) is 0 Å². The predicted octanol–water partition coefficient (Wildman–Crippen LogP) is 2.12. The minimum atomic E-state index is 0.863. The summed E-state index contributed by atoms with van der Waals surface area (Å²) in [6.07, 6.45) is 2.54. The Morgan fingerprint density at radius 1 is 1.31 bits per heavy atom. The highest BCUT2D eigenvalue weighted by molar-refractivity contribution is 5.28. The first-order valence-electron chi connectivity index (χ1n) is 4.49. The summed E-state index contributed by atoms with van der Waals surface area (Å²) in [5, 5.41) is 1.93. The molecule has 0 fully saturated rings. The van der Waals surface area contributed by atoms with E-state index in [-0.39, 0.29) is 0 Å². The molecule has 2 heteroatoms. The maximum Gasteiger partial charge on any atom is 0.104 e. The molecule has 0 saturated carbocycles. The van der Waals surface area contributed by atoms with Crippen molar-refractivity contribution in [1.29, 1.82) is 0 Å². The lowest BCUT2D eigenvalue weighted by molar-refractivity contribution is -0.114. The molecule has 0 aliphatic carbocycles. The molecule has 0 N–H and O–H groups in total. The summed E-state index contributed by atoms with van der Waals surface area (Å²) in [7, 11) is 0. The third-order valence-corrected chi connectivity index (χ3v) is 2.32. The van der Waals surface area contributed by atoms with Gasteiger partial charge in [-0.25, -0.2) is 0 Å². The molecule has 2 rings (SSSR count). The first kappa shape index (κ1) is 8.32. The standard InChI is InChI=1S/C11H13NO/c1-2-13-12-8-7-10-5-3-4-6-11(10)9-12/h2-6H,1,7-9H2. The Labute approximate surface area is 78.4 Å². The molecule has 0 saturated heterocycles. The molecule has 1 aliphatic rings. The van der Waals surface area contributed by atoms with Gasteiger partial charge in [-0.05, 0) is 17.5 Å². The fourth-order valence-electron chi connectivity index (χ4n) is 1.67. The lowest BCUT2D eigenvalue weighted by Gasteiger charge is -2.26. The molecule has 2 nitrogen and oxygen atoms in total. The van der Waals surface area contributed by atoms with Crippen molar-refractivity contribution in [3.63, 3.8) is 0 Å². The van der Waals surface area contributed by atoms with Gasteiger partial charge in [-0.3, -0.25) is 0 Å². The Hall–Kier alpha value is -1.28. The van der Waals surface area contributed by atoms with E-state index in [4.69, 9.17) is 4.84 Å². The van der Waals surface area contributed by atoms with Gasteiger partial charge >= 0.3 is 0 Å². The van der Waals surface area contributed by atoms with Crippen LogP contribution in [0.5, 0.6) is 0 Å². The Morgan fingerprint density at radius 2 is 2.08 bits per heavy atom. The second-order valence-electron chi connectivity index (χ2n) is 3.15. The lowest BCUT2D eigenvalue weighted by atomic mass is 10.0. The molecular weight excluding hydrogens is 162 g/mol. The van der Waals surface area contributed by atoms with Crippen molar-refractivity contribution >= 4 is 0 Å². The van der Waals surface area contributed by atoms with Gasteiger partial charge in [0.05, 0.1) is 6.54 Å². The van der Waals surface area contributed by atoms with Gasteiger partial charge in [0.1, 0.15) is 6.26 Å². The van der Waals surface area contributed by atoms with Crippen molar-refractivity contribution in [2.45, 2.75) is 13.0 Å². The summed E-state index contributed by atoms with van der Waals surface area (Å²) in [6.45, 7) is 5.36. The fraction of sp³-hybridized carbons (Fsp3) is 0.273. The molecule has 0 radical (unpaired) electrons. The van der Waals surface area contributed by atoms with Crippen LogP contribution in [0.15, 0.2) is 37.1 Å². The van der Waals surface area contributed by atoms with Gasteiger partial charge in [0.15, 0.2) is 0 Å². The van der Waals surface area contributed by atoms with Gasteiger partial charge < -0.3 is 4.84 Å². The van der Waals surface area contributed by atoms with Crippen LogP contribution in [-0.2, 0) is 17.8 Å². The third-order valence-electron chi connectivity index (χ3n) is 2.32. The summed E-state index contributed by atoms with van der Waals surface area (Å²) in [5.74, 6) is 0. The molecule has 0 spiro atoms. The summed E-state index contributed by atoms with van der Waals surface area (Å²) in [5.41, 5.74) is 2.79. The molecule has 1 heterocycles. The van der Waals surface area contributed by atoms with Gasteiger partial charge in [-0.1, -0.05) is 30.8 Å². The molecule has 1 aliphatic heterocycles. The average molecular weight is 175 g/mol. The summed E-state index contributed by atoms with van der Waals surface area (Å²) < 4.78 is 0. The van der Waals surface area contributed by atoms with Crippen LogP contribution < -0.4 is 0 Å². The normalized spacial score (nSPS) is 16.3. The SMILES string of the molecule is C=CON1CCc2ccccc2C1. The minimum Gasteiger partial charge on any atom is -0.414 e. The predicted molar refractivity (Wildman–Crippen MR) is 51.8 cm³/mol. The van der Waals surface area contributed by atoms with E-state index < -0.39 is 0 Å². The van der Waals surface area contributed by atoms with Crippen molar-refractivity contribution in [3.05, 3.63) is 48.2 Å². The number of nitrogens with zero attached hydrogens (tertiary/aromatic N) is 1. The van der Waals surface area contributed by atoms with E-state index in [2.05, 4.69) is 30.8 Å². The zero-order chi connectivity index (χ0) is 9.10. The van der Waals surface area contributed by atoms with Gasteiger partial charge in [0, 0.05) is 6.54 Å². The highest BCUT2D eigenvalue weighted by atomic mass is 16.7. The third kappa shape index (κ3) is 1.73. The topological polar surface area (TPSA) is 12.5 Å². The lowest BCUT2D eigenvalue weighted by Crippen LogP contribution is -2.28. The quantitative estimate of drug-likeness (QED) is 0.638. The van der Waals surface area contributed by atoms with Crippen molar-refractivity contribution < 1.29 is 4.84 Å². The van der Waals surface area contributed by atoms with E-state index in [1.165, 1.54) is 17.4 Å². The molecule has 0 bridgehead atoms. The van der Waals surface area contributed by atoms with E-state index in [0.717, 1.165) is 19.5 Å². The van der Waals surface area contributed by atoms with Crippen LogP contribution in [0.25, 0.3) is 0 Å². The van der Waals surface area contributed by atoms with Crippen molar-refractivity contribution in [3.8, 4) is 0 Å². The summed E-state index contributed by atoms with van der Waals surface area (Å²) in [4.78, 5) is 5.24. The zero-order valence-electron chi connectivity index (χ0n) is 7.57. The van der Waals surface area contributed by atoms with Crippen LogP contribution in [0, 0.1) is 0 Å². The fourth-order valence-corrected chi connectivity index (χ4v) is 1.67. The van der Waals surface area contributed by atoms with Crippen molar-refractivity contribution in [1.82, 2.24) is 5.06 Å². The largest absolute Gasteiger partial charge is 0.414 e. The minimum absolute atomic E-state index is 0.863. The second-order valence-corrected chi connectivity index (χ2v) is 3.15. The summed E-state index contributed by atoms with van der Waals surface area (Å²) in [6, 6.07) is 8.48. The zero-order valence-corrected chi connectivity index (χ0v) is 7.57. The van der Waals surface area contributed by atoms with E-state index >= 15 is 0 Å². The molecule has 13 heavy (non-hydrogen) atoms. The highest BCUT2D eigenvalue weighted by Gasteiger charge is 2.15. The molecule has 0 atom stereocenters. The number of rotatable bonds is 2. The van der Waals surface area contributed by atoms with Crippen LogP contribution >= 0.6 is 0 Å². The van der Waals surface area contributed by atoms with E-state index in [0.29, 0.717) is 0 Å². The first-order valence-corrected chi connectivity index (χ1v) is 4.49. The summed E-state index contributed by atoms with van der Waals surface area (Å²) >= 11 is 0. The monoisotopic (exact) mass is 175 g/mol. The smallest absolute Gasteiger partial charge is 0.104 e. The van der Waals surface area contributed by atoms with Gasteiger partial charge in [-0.2, -0.15) is 0 Å². The molecule has 0 unspecified atom stereocenters. The molecule has 0 amide bonds. The van der Waals surface area contributed by atoms with Crippen molar-refractivity contribution in [2.75, 3.05) is 6.54 Å². The van der Waals surface area contributed by atoms with Gasteiger partial charge in [0.2, 0.25) is 0 Å². The Morgan fingerprint density at radius 3 is 2.85 bits per heavy atom. The van der Waals surface area contributed by atoms with Gasteiger partial charge in [0.25, 0.3) is 0 Å². The van der Waals surface area contributed by atoms with E-state index in [1.54, 1.807) is 0 Å². The molecular formula is C11H13NO. The van der Waals surface area contributed by atoms with E-state index in [9.17, 15) is 0 Å². The number of benzene rings is 1. The Kier molecular flexibility index (Phi) is 2.32. The average Bonchev–Trinajstić information content (AvgIpc) is 2.18. The van der Waals surface area contributed by atoms with Crippen LogP contribution in [0.4, 0.5) is 0 Å². The number of hydroxylamine groups is 2. The van der Waals surface area contributed by atoms with Crippen molar-refractivity contribution in [2.24, 2.45) is 0 Å². The molecule has 1 aromatic rings. The van der Waals surface area contributed by atoms with Crippen LogP contribution in [0.1, 0.15) is 11.1 Å². The number of fused-ring (bicyclic) bond motifs is 1.